The van der Waals surface area contributed by atoms with Gasteiger partial charge in [0.05, 0.1) is 5.69 Å². The molecular weight excluding hydrogens is 152 g/mol. The minimum absolute atomic E-state index is 0.00981. The second-order valence-electron chi connectivity index (χ2n) is 2.37. The summed E-state index contributed by atoms with van der Waals surface area (Å²) >= 11 is 0. The van der Waals surface area contributed by atoms with Gasteiger partial charge in [-0.1, -0.05) is 13.8 Å². The largest absolute Gasteiger partial charge is 0.331 e. The molecule has 0 bridgehead atoms. The van der Waals surface area contributed by atoms with E-state index in [4.69, 9.17) is 0 Å². The van der Waals surface area contributed by atoms with Crippen molar-refractivity contribution < 1.29 is 4.79 Å². The monoisotopic (exact) mass is 168 g/mol. The first kappa shape index (κ1) is 10.9. The van der Waals surface area contributed by atoms with E-state index in [1.165, 1.54) is 6.92 Å². The topological polar surface area (TPSA) is 34.9 Å². The van der Waals surface area contributed by atoms with Crippen molar-refractivity contribution in [3.05, 3.63) is 17.7 Å². The van der Waals surface area contributed by atoms with Gasteiger partial charge in [-0.2, -0.15) is 0 Å². The molecule has 0 N–H and O–H groups in total. The predicted octanol–water partition coefficient (Wildman–Crippen LogP) is 1.96. The van der Waals surface area contributed by atoms with Crippen molar-refractivity contribution in [2.75, 3.05) is 0 Å². The molecule has 1 rings (SSSR count). The SMILES string of the molecule is CC.CC(=O)c1nc(C)cn1C. The van der Waals surface area contributed by atoms with Gasteiger partial charge in [0.1, 0.15) is 0 Å². The summed E-state index contributed by atoms with van der Waals surface area (Å²) < 4.78 is 1.73. The number of aromatic nitrogens is 2. The van der Waals surface area contributed by atoms with Crippen LogP contribution in [0.1, 0.15) is 37.1 Å². The number of nitrogens with zero attached hydrogens (tertiary/aromatic N) is 2. The third-order valence-electron chi connectivity index (χ3n) is 1.31. The van der Waals surface area contributed by atoms with Gasteiger partial charge in [-0.15, -0.1) is 0 Å². The fraction of sp³-hybridized carbons (Fsp3) is 0.556. The van der Waals surface area contributed by atoms with Gasteiger partial charge in [0.25, 0.3) is 0 Å². The third-order valence-corrected chi connectivity index (χ3v) is 1.31. The summed E-state index contributed by atoms with van der Waals surface area (Å²) in [5.74, 6) is 0.535. The molecule has 0 aliphatic carbocycles. The van der Waals surface area contributed by atoms with E-state index in [9.17, 15) is 4.79 Å². The van der Waals surface area contributed by atoms with Crippen LogP contribution < -0.4 is 0 Å². The summed E-state index contributed by atoms with van der Waals surface area (Å²) in [7, 11) is 1.82. The Kier molecular flexibility index (Phi) is 4.26. The highest BCUT2D eigenvalue weighted by Crippen LogP contribution is 1.99. The summed E-state index contributed by atoms with van der Waals surface area (Å²) in [5.41, 5.74) is 0.882. The van der Waals surface area contributed by atoms with Crippen LogP contribution in [0.5, 0.6) is 0 Å². The van der Waals surface area contributed by atoms with Crippen molar-refractivity contribution in [2.24, 2.45) is 7.05 Å². The molecule has 3 heteroatoms. The van der Waals surface area contributed by atoms with Crippen LogP contribution in [0.2, 0.25) is 0 Å². The summed E-state index contributed by atoms with van der Waals surface area (Å²) in [4.78, 5) is 14.8. The first-order valence-electron chi connectivity index (χ1n) is 4.12. The molecule has 0 radical (unpaired) electrons. The molecule has 12 heavy (non-hydrogen) atoms. The van der Waals surface area contributed by atoms with E-state index in [2.05, 4.69) is 4.98 Å². The van der Waals surface area contributed by atoms with Gasteiger partial charge < -0.3 is 4.57 Å². The maximum absolute atomic E-state index is 10.8. The van der Waals surface area contributed by atoms with Crippen LogP contribution in [-0.4, -0.2) is 15.3 Å². The first-order chi connectivity index (χ1) is 5.61. The zero-order valence-corrected chi connectivity index (χ0v) is 8.38. The number of hydrogen-bond donors (Lipinski definition) is 0. The average Bonchev–Trinajstić information content (AvgIpc) is 2.34. The van der Waals surface area contributed by atoms with E-state index in [0.717, 1.165) is 5.69 Å². The van der Waals surface area contributed by atoms with Crippen molar-refractivity contribution in [1.82, 2.24) is 9.55 Å². The molecule has 0 aliphatic rings. The lowest BCUT2D eigenvalue weighted by atomic mass is 10.4. The Labute approximate surface area is 73.4 Å². The molecule has 0 aromatic carbocycles. The van der Waals surface area contributed by atoms with Crippen molar-refractivity contribution >= 4 is 5.78 Å². The highest BCUT2D eigenvalue weighted by atomic mass is 16.1. The molecule has 0 saturated heterocycles. The van der Waals surface area contributed by atoms with Crippen LogP contribution in [-0.2, 0) is 7.05 Å². The van der Waals surface area contributed by atoms with Crippen molar-refractivity contribution in [3.8, 4) is 0 Å². The molecule has 3 nitrogen and oxygen atoms in total. The fourth-order valence-corrected chi connectivity index (χ4v) is 0.943. The minimum Gasteiger partial charge on any atom is -0.331 e. The van der Waals surface area contributed by atoms with Gasteiger partial charge in [0.15, 0.2) is 11.6 Å². The average molecular weight is 168 g/mol. The molecule has 1 aromatic heterocycles. The van der Waals surface area contributed by atoms with Crippen LogP contribution >= 0.6 is 0 Å². The Morgan fingerprint density at radius 2 is 2.00 bits per heavy atom. The van der Waals surface area contributed by atoms with E-state index in [1.807, 2.05) is 34.0 Å². The van der Waals surface area contributed by atoms with Crippen molar-refractivity contribution in [1.29, 1.82) is 0 Å². The number of aryl methyl sites for hydroxylation is 2. The van der Waals surface area contributed by atoms with E-state index in [1.54, 1.807) is 4.57 Å². The lowest BCUT2D eigenvalue weighted by Crippen LogP contribution is -2.01. The Hall–Kier alpha value is -1.12. The highest BCUT2D eigenvalue weighted by molar-refractivity contribution is 5.90. The molecule has 0 aliphatic heterocycles. The van der Waals surface area contributed by atoms with Crippen LogP contribution in [0.3, 0.4) is 0 Å². The number of ketones is 1. The summed E-state index contributed by atoms with van der Waals surface area (Å²) in [5, 5.41) is 0. The minimum atomic E-state index is 0.00981. The Morgan fingerprint density at radius 1 is 1.50 bits per heavy atom. The van der Waals surface area contributed by atoms with Crippen LogP contribution in [0.4, 0.5) is 0 Å². The van der Waals surface area contributed by atoms with Gasteiger partial charge in [-0.3, -0.25) is 4.79 Å². The Bertz CT molecular complexity index is 263. The molecule has 0 amide bonds. The van der Waals surface area contributed by atoms with E-state index < -0.39 is 0 Å². The molecule has 0 unspecified atom stereocenters. The van der Waals surface area contributed by atoms with Gasteiger partial charge >= 0.3 is 0 Å². The summed E-state index contributed by atoms with van der Waals surface area (Å²) in [6.07, 6.45) is 1.83. The van der Waals surface area contributed by atoms with Crippen LogP contribution in [0, 0.1) is 6.92 Å². The molecule has 1 heterocycles. The Balaban J connectivity index is 0.000000561. The van der Waals surface area contributed by atoms with Crippen molar-refractivity contribution in [3.63, 3.8) is 0 Å². The Morgan fingerprint density at radius 3 is 2.17 bits per heavy atom. The number of carbonyl (C=O) groups is 1. The molecule has 0 atom stereocenters. The van der Waals surface area contributed by atoms with E-state index in [-0.39, 0.29) is 5.78 Å². The quantitative estimate of drug-likeness (QED) is 0.601. The number of rotatable bonds is 1. The molecule has 0 saturated carbocycles. The molecule has 0 fully saturated rings. The lowest BCUT2D eigenvalue weighted by Gasteiger charge is -1.92. The molecular formula is C9H16N2O. The van der Waals surface area contributed by atoms with Gasteiger partial charge in [0.2, 0.25) is 0 Å². The maximum atomic E-state index is 10.8. The normalized spacial score (nSPS) is 8.75. The zero-order chi connectivity index (χ0) is 9.72. The maximum Gasteiger partial charge on any atom is 0.195 e. The zero-order valence-electron chi connectivity index (χ0n) is 8.38. The van der Waals surface area contributed by atoms with Gasteiger partial charge in [0, 0.05) is 20.2 Å². The van der Waals surface area contributed by atoms with Gasteiger partial charge in [-0.25, -0.2) is 4.98 Å². The smallest absolute Gasteiger partial charge is 0.195 e. The second kappa shape index (κ2) is 4.70. The van der Waals surface area contributed by atoms with E-state index >= 15 is 0 Å². The second-order valence-corrected chi connectivity index (χ2v) is 2.37. The standard InChI is InChI=1S/C7H10N2O.C2H6/c1-5-4-9(3)7(8-5)6(2)10;1-2/h4H,1-3H3;1-2H3. The molecule has 1 aromatic rings. The highest BCUT2D eigenvalue weighted by Gasteiger charge is 2.05. The molecule has 0 spiro atoms. The first-order valence-corrected chi connectivity index (χ1v) is 4.12. The fourth-order valence-electron chi connectivity index (χ4n) is 0.943. The third kappa shape index (κ3) is 2.49. The van der Waals surface area contributed by atoms with Crippen molar-refractivity contribution in [2.45, 2.75) is 27.7 Å². The number of hydrogen-bond acceptors (Lipinski definition) is 2. The summed E-state index contributed by atoms with van der Waals surface area (Å²) in [6, 6.07) is 0. The predicted molar refractivity (Wildman–Crippen MR) is 49.3 cm³/mol. The lowest BCUT2D eigenvalue weighted by molar-refractivity contribution is 0.100. The number of imidazole rings is 1. The molecule has 68 valence electrons. The van der Waals surface area contributed by atoms with Crippen LogP contribution in [0.15, 0.2) is 6.20 Å². The van der Waals surface area contributed by atoms with Crippen LogP contribution in [0.25, 0.3) is 0 Å². The number of Topliss-reactive ketones (excluding diaryl/α,β-unsaturated/α-hetero) is 1. The van der Waals surface area contributed by atoms with Gasteiger partial charge in [-0.05, 0) is 6.92 Å². The summed E-state index contributed by atoms with van der Waals surface area (Å²) in [6.45, 7) is 7.38. The van der Waals surface area contributed by atoms with E-state index in [0.29, 0.717) is 5.82 Å². The number of carbonyl (C=O) groups excluding carboxylic acids is 1.